The van der Waals surface area contributed by atoms with Crippen molar-refractivity contribution in [1.82, 2.24) is 9.80 Å². The molecule has 2 amide bonds. The largest absolute Gasteiger partial charge is 0.467 e. The molecule has 1 fully saturated rings. The third-order valence-electron chi connectivity index (χ3n) is 5.88. The van der Waals surface area contributed by atoms with Crippen molar-refractivity contribution in [3.8, 4) is 0 Å². The fourth-order valence-electron chi connectivity index (χ4n) is 4.58. The lowest BCUT2D eigenvalue weighted by Gasteiger charge is -2.31. The first kappa shape index (κ1) is 20.1. The van der Waals surface area contributed by atoms with Gasteiger partial charge in [0.15, 0.2) is 0 Å². The zero-order valence-corrected chi connectivity index (χ0v) is 17.4. The van der Waals surface area contributed by atoms with Gasteiger partial charge in [0, 0.05) is 17.5 Å². The molecule has 0 aromatic heterocycles. The Kier molecular flexibility index (Phi) is 5.33. The fourth-order valence-corrected chi connectivity index (χ4v) is 4.58. The lowest BCUT2D eigenvalue weighted by molar-refractivity contribution is -0.153. The normalized spacial score (nSPS) is 21.1. The van der Waals surface area contributed by atoms with E-state index >= 15 is 0 Å². The van der Waals surface area contributed by atoms with Crippen LogP contribution in [0.3, 0.4) is 0 Å². The van der Waals surface area contributed by atoms with E-state index in [0.29, 0.717) is 18.4 Å². The van der Waals surface area contributed by atoms with Crippen molar-refractivity contribution in [2.45, 2.75) is 44.9 Å². The summed E-state index contributed by atoms with van der Waals surface area (Å²) in [6.45, 7) is 4.06. The summed E-state index contributed by atoms with van der Waals surface area (Å²) in [6, 6.07) is 15.5. The second-order valence-corrected chi connectivity index (χ2v) is 8.29. The van der Waals surface area contributed by atoms with Crippen LogP contribution in [0.2, 0.25) is 0 Å². The van der Waals surface area contributed by atoms with Crippen LogP contribution in [-0.2, 0) is 20.7 Å². The van der Waals surface area contributed by atoms with E-state index in [1.165, 1.54) is 7.11 Å². The van der Waals surface area contributed by atoms with Gasteiger partial charge in [-0.1, -0.05) is 62.4 Å². The topological polar surface area (TPSA) is 66.9 Å². The summed E-state index contributed by atoms with van der Waals surface area (Å²) in [6.07, 6.45) is 0.289. The Morgan fingerprint density at radius 3 is 2.37 bits per heavy atom. The number of ether oxygens (including phenoxy) is 1. The molecule has 0 spiro atoms. The van der Waals surface area contributed by atoms with Crippen LogP contribution in [0.1, 0.15) is 47.9 Å². The predicted octanol–water partition coefficient (Wildman–Crippen LogP) is 3.18. The molecule has 1 saturated heterocycles. The molecule has 3 atom stereocenters. The number of esters is 1. The van der Waals surface area contributed by atoms with Crippen LogP contribution in [0, 0.1) is 5.92 Å². The molecular weight excluding hydrogens is 380 g/mol. The van der Waals surface area contributed by atoms with Crippen molar-refractivity contribution in [3.05, 3.63) is 71.3 Å². The molecule has 0 bridgehead atoms. The molecule has 0 N–H and O–H groups in total. The number of hydrogen-bond acceptors (Lipinski definition) is 4. The maximum atomic E-state index is 13.6. The van der Waals surface area contributed by atoms with E-state index in [0.717, 1.165) is 11.1 Å². The maximum absolute atomic E-state index is 13.6. The van der Waals surface area contributed by atoms with E-state index in [2.05, 4.69) is 0 Å². The van der Waals surface area contributed by atoms with Crippen molar-refractivity contribution >= 4 is 17.8 Å². The van der Waals surface area contributed by atoms with Crippen molar-refractivity contribution in [2.75, 3.05) is 7.11 Å². The first-order chi connectivity index (χ1) is 14.4. The van der Waals surface area contributed by atoms with E-state index in [9.17, 15) is 14.4 Å². The van der Waals surface area contributed by atoms with Crippen molar-refractivity contribution in [1.29, 1.82) is 0 Å². The lowest BCUT2D eigenvalue weighted by atomic mass is 10.00. The van der Waals surface area contributed by atoms with Gasteiger partial charge in [-0.05, 0) is 24.0 Å². The summed E-state index contributed by atoms with van der Waals surface area (Å²) in [4.78, 5) is 42.9. The van der Waals surface area contributed by atoms with Crippen LogP contribution in [-0.4, -0.2) is 46.8 Å². The molecule has 0 saturated carbocycles. The van der Waals surface area contributed by atoms with Crippen LogP contribution in [0.4, 0.5) is 0 Å². The average molecular weight is 406 g/mol. The summed E-state index contributed by atoms with van der Waals surface area (Å²) < 4.78 is 5.09. The second kappa shape index (κ2) is 7.94. The molecule has 2 heterocycles. The number of nitrogens with zero attached hydrogens (tertiary/aromatic N) is 2. The van der Waals surface area contributed by atoms with Gasteiger partial charge in [0.2, 0.25) is 5.91 Å². The third kappa shape index (κ3) is 3.26. The average Bonchev–Trinajstić information content (AvgIpc) is 3.19. The van der Waals surface area contributed by atoms with E-state index in [1.54, 1.807) is 15.9 Å². The van der Waals surface area contributed by atoms with Gasteiger partial charge in [-0.3, -0.25) is 9.59 Å². The number of methoxy groups -OCH3 is 1. The van der Waals surface area contributed by atoms with Crippen LogP contribution in [0.5, 0.6) is 0 Å². The zero-order chi connectivity index (χ0) is 21.4. The SMILES string of the molecule is COC(=O)[C@@H](Cc1ccccc1)N1C(=O)[C@H](CC(C)C)N2C(=O)c3ccccc3[C@@H]12. The molecule has 156 valence electrons. The van der Waals surface area contributed by atoms with Gasteiger partial charge in [-0.25, -0.2) is 4.79 Å². The highest BCUT2D eigenvalue weighted by Crippen LogP contribution is 2.45. The molecule has 2 aliphatic heterocycles. The Balaban J connectivity index is 1.80. The van der Waals surface area contributed by atoms with E-state index in [1.807, 2.05) is 62.4 Å². The highest BCUT2D eigenvalue weighted by molar-refractivity contribution is 6.05. The minimum atomic E-state index is -0.812. The summed E-state index contributed by atoms with van der Waals surface area (Å²) in [7, 11) is 1.33. The van der Waals surface area contributed by atoms with Gasteiger partial charge in [0.25, 0.3) is 5.91 Å². The van der Waals surface area contributed by atoms with Crippen LogP contribution < -0.4 is 0 Å². The molecule has 0 unspecified atom stereocenters. The molecule has 30 heavy (non-hydrogen) atoms. The number of carbonyl (C=O) groups excluding carboxylic acids is 3. The Hall–Kier alpha value is -3.15. The lowest BCUT2D eigenvalue weighted by Crippen LogP contribution is -2.46. The Morgan fingerprint density at radius 1 is 1.03 bits per heavy atom. The predicted molar refractivity (Wildman–Crippen MR) is 111 cm³/mol. The van der Waals surface area contributed by atoms with Crippen LogP contribution >= 0.6 is 0 Å². The molecular formula is C24H26N2O4. The summed E-state index contributed by atoms with van der Waals surface area (Å²) >= 11 is 0. The number of amides is 2. The first-order valence-electron chi connectivity index (χ1n) is 10.3. The number of rotatable bonds is 6. The Bertz CT molecular complexity index is 972. The second-order valence-electron chi connectivity index (χ2n) is 8.29. The van der Waals surface area contributed by atoms with E-state index < -0.39 is 24.2 Å². The monoisotopic (exact) mass is 406 g/mol. The molecule has 0 aliphatic carbocycles. The molecule has 4 rings (SSSR count). The van der Waals surface area contributed by atoms with Gasteiger partial charge in [0.05, 0.1) is 7.11 Å². The van der Waals surface area contributed by atoms with Crippen LogP contribution in [0.25, 0.3) is 0 Å². The van der Waals surface area contributed by atoms with Gasteiger partial charge in [-0.2, -0.15) is 0 Å². The zero-order valence-electron chi connectivity index (χ0n) is 17.4. The fraction of sp³-hybridized carbons (Fsp3) is 0.375. The third-order valence-corrected chi connectivity index (χ3v) is 5.88. The molecule has 2 aliphatic rings. The number of benzene rings is 2. The molecule has 0 radical (unpaired) electrons. The number of fused-ring (bicyclic) bond motifs is 3. The Morgan fingerprint density at radius 2 is 1.70 bits per heavy atom. The highest BCUT2D eigenvalue weighted by atomic mass is 16.5. The minimum Gasteiger partial charge on any atom is -0.467 e. The molecule has 2 aromatic carbocycles. The molecule has 6 nitrogen and oxygen atoms in total. The van der Waals surface area contributed by atoms with Crippen molar-refractivity contribution in [3.63, 3.8) is 0 Å². The number of hydrogen-bond donors (Lipinski definition) is 0. The van der Waals surface area contributed by atoms with Crippen molar-refractivity contribution < 1.29 is 19.1 Å². The summed E-state index contributed by atoms with van der Waals surface area (Å²) in [5.74, 6) is -0.598. The Labute approximate surface area is 176 Å². The maximum Gasteiger partial charge on any atom is 0.329 e. The smallest absolute Gasteiger partial charge is 0.329 e. The standard InChI is InChI=1S/C24H26N2O4/c1-15(2)13-19-23(28)26(20(24(29)30-3)14-16-9-5-4-6-10-16)21-17-11-7-8-12-18(17)22(27)25(19)21/h4-12,15,19-21H,13-14H2,1-3H3/t19-,20+,21+/m0/s1. The summed E-state index contributed by atoms with van der Waals surface area (Å²) in [5, 5.41) is 0. The van der Waals surface area contributed by atoms with Crippen molar-refractivity contribution in [2.24, 2.45) is 5.92 Å². The minimum absolute atomic E-state index is 0.152. The van der Waals surface area contributed by atoms with Gasteiger partial charge in [0.1, 0.15) is 18.2 Å². The van der Waals surface area contributed by atoms with Crippen LogP contribution in [0.15, 0.2) is 54.6 Å². The van der Waals surface area contributed by atoms with E-state index in [-0.39, 0.29) is 17.7 Å². The highest BCUT2D eigenvalue weighted by Gasteiger charge is 2.56. The van der Waals surface area contributed by atoms with Gasteiger partial charge >= 0.3 is 5.97 Å². The van der Waals surface area contributed by atoms with Gasteiger partial charge in [-0.15, -0.1) is 0 Å². The van der Waals surface area contributed by atoms with Gasteiger partial charge < -0.3 is 14.5 Å². The molecule has 2 aromatic rings. The quantitative estimate of drug-likeness (QED) is 0.691. The van der Waals surface area contributed by atoms with E-state index in [4.69, 9.17) is 4.74 Å². The summed E-state index contributed by atoms with van der Waals surface area (Å²) in [5.41, 5.74) is 2.29. The molecule has 6 heteroatoms. The number of carbonyl (C=O) groups is 3. The first-order valence-corrected chi connectivity index (χ1v) is 10.3.